The number of ether oxygens (including phenoxy) is 1. The van der Waals surface area contributed by atoms with Gasteiger partial charge in [-0.2, -0.15) is 0 Å². The van der Waals surface area contributed by atoms with Gasteiger partial charge in [-0.3, -0.25) is 4.98 Å². The van der Waals surface area contributed by atoms with Crippen LogP contribution in [0.5, 0.6) is 0 Å². The molecule has 0 unspecified atom stereocenters. The summed E-state index contributed by atoms with van der Waals surface area (Å²) >= 11 is 0. The number of aromatic nitrogens is 1. The minimum atomic E-state index is -0.428. The summed E-state index contributed by atoms with van der Waals surface area (Å²) in [5.41, 5.74) is 0.889. The van der Waals surface area contributed by atoms with Gasteiger partial charge in [0.15, 0.2) is 0 Å². The summed E-state index contributed by atoms with van der Waals surface area (Å²) in [5, 5.41) is 9.85. The number of hydrogen-bond acceptors (Lipinski definition) is 4. The molecule has 4 heteroatoms. The van der Waals surface area contributed by atoms with E-state index in [0.717, 1.165) is 6.42 Å². The SMILES string of the molecule is O=C1OCCC/C1=C(/O)c1cccnc1. The molecule has 1 saturated heterocycles. The highest BCUT2D eigenvalue weighted by atomic mass is 16.5. The quantitative estimate of drug-likeness (QED) is 0.430. The van der Waals surface area contributed by atoms with Crippen molar-refractivity contribution in [3.05, 3.63) is 35.7 Å². The van der Waals surface area contributed by atoms with Crippen LogP contribution in [-0.4, -0.2) is 22.7 Å². The second kappa shape index (κ2) is 4.13. The van der Waals surface area contributed by atoms with Crippen molar-refractivity contribution in [3.63, 3.8) is 0 Å². The summed E-state index contributed by atoms with van der Waals surface area (Å²) in [5.74, 6) is -0.449. The summed E-state index contributed by atoms with van der Waals surface area (Å²) in [6.07, 6.45) is 4.44. The minimum Gasteiger partial charge on any atom is -0.507 e. The number of aliphatic hydroxyl groups is 1. The van der Waals surface area contributed by atoms with Crippen molar-refractivity contribution in [1.82, 2.24) is 4.98 Å². The fraction of sp³-hybridized carbons (Fsp3) is 0.273. The van der Waals surface area contributed by atoms with E-state index in [-0.39, 0.29) is 5.76 Å². The highest BCUT2D eigenvalue weighted by Gasteiger charge is 2.21. The van der Waals surface area contributed by atoms with Crippen LogP contribution in [0.2, 0.25) is 0 Å². The smallest absolute Gasteiger partial charge is 0.337 e. The van der Waals surface area contributed by atoms with Gasteiger partial charge in [0.2, 0.25) is 0 Å². The Labute approximate surface area is 87.2 Å². The highest BCUT2D eigenvalue weighted by molar-refractivity contribution is 5.96. The number of carbonyl (C=O) groups excluding carboxylic acids is 1. The van der Waals surface area contributed by atoms with E-state index in [0.29, 0.717) is 24.2 Å². The maximum atomic E-state index is 11.3. The van der Waals surface area contributed by atoms with E-state index >= 15 is 0 Å². The third kappa shape index (κ3) is 1.98. The average Bonchev–Trinajstić information content (AvgIpc) is 2.30. The molecule has 0 aliphatic carbocycles. The molecule has 78 valence electrons. The lowest BCUT2D eigenvalue weighted by atomic mass is 10.0. The van der Waals surface area contributed by atoms with Crippen LogP contribution in [0.15, 0.2) is 30.1 Å². The molecule has 1 N–H and O–H groups in total. The zero-order valence-electron chi connectivity index (χ0n) is 8.14. The zero-order chi connectivity index (χ0) is 10.7. The minimum absolute atomic E-state index is 0.0206. The second-order valence-electron chi connectivity index (χ2n) is 3.31. The topological polar surface area (TPSA) is 59.4 Å². The van der Waals surface area contributed by atoms with Crippen LogP contribution in [0.25, 0.3) is 5.76 Å². The predicted octanol–water partition coefficient (Wildman–Crippen LogP) is 1.69. The van der Waals surface area contributed by atoms with Crippen LogP contribution in [0, 0.1) is 0 Å². The molecule has 2 rings (SSSR count). The standard InChI is InChI=1S/C11H11NO3/c13-10(8-3-1-5-12-7-8)9-4-2-6-15-11(9)14/h1,3,5,7,13H,2,4,6H2/b10-9-. The highest BCUT2D eigenvalue weighted by Crippen LogP contribution is 2.22. The fourth-order valence-corrected chi connectivity index (χ4v) is 1.50. The van der Waals surface area contributed by atoms with Crippen molar-refractivity contribution in [2.24, 2.45) is 0 Å². The van der Waals surface area contributed by atoms with E-state index in [1.165, 1.54) is 6.20 Å². The van der Waals surface area contributed by atoms with E-state index in [2.05, 4.69) is 4.98 Å². The molecule has 1 fully saturated rings. The van der Waals surface area contributed by atoms with Crippen LogP contribution in [0.1, 0.15) is 18.4 Å². The molecule has 15 heavy (non-hydrogen) atoms. The predicted molar refractivity (Wildman–Crippen MR) is 54.0 cm³/mol. The molecule has 1 aromatic heterocycles. The maximum absolute atomic E-state index is 11.3. The van der Waals surface area contributed by atoms with Crippen LogP contribution in [0.3, 0.4) is 0 Å². The zero-order valence-corrected chi connectivity index (χ0v) is 8.14. The average molecular weight is 205 g/mol. The fourth-order valence-electron chi connectivity index (χ4n) is 1.50. The first kappa shape index (κ1) is 9.71. The molecule has 0 atom stereocenters. The maximum Gasteiger partial charge on any atom is 0.337 e. The third-order valence-corrected chi connectivity index (χ3v) is 2.27. The van der Waals surface area contributed by atoms with Gasteiger partial charge in [0.25, 0.3) is 0 Å². The third-order valence-electron chi connectivity index (χ3n) is 2.27. The Morgan fingerprint density at radius 3 is 3.07 bits per heavy atom. The van der Waals surface area contributed by atoms with Crippen molar-refractivity contribution in [2.75, 3.05) is 6.61 Å². The van der Waals surface area contributed by atoms with Gasteiger partial charge in [-0.15, -0.1) is 0 Å². The first-order chi connectivity index (χ1) is 7.29. The van der Waals surface area contributed by atoms with E-state index in [1.54, 1.807) is 18.3 Å². The van der Waals surface area contributed by atoms with E-state index < -0.39 is 5.97 Å². The molecular weight excluding hydrogens is 194 g/mol. The molecule has 0 spiro atoms. The van der Waals surface area contributed by atoms with Crippen LogP contribution >= 0.6 is 0 Å². The Bertz CT molecular complexity index is 398. The Hall–Kier alpha value is -1.84. The molecule has 1 aliphatic heterocycles. The lowest BCUT2D eigenvalue weighted by Crippen LogP contribution is -2.17. The van der Waals surface area contributed by atoms with Crippen molar-refractivity contribution in [1.29, 1.82) is 0 Å². The molecule has 2 heterocycles. The van der Waals surface area contributed by atoms with E-state index in [4.69, 9.17) is 4.74 Å². The first-order valence-electron chi connectivity index (χ1n) is 4.78. The van der Waals surface area contributed by atoms with E-state index in [1.807, 2.05) is 0 Å². The van der Waals surface area contributed by atoms with Gasteiger partial charge in [0, 0.05) is 18.0 Å². The molecule has 4 nitrogen and oxygen atoms in total. The Balaban J connectivity index is 2.35. The number of pyridine rings is 1. The van der Waals surface area contributed by atoms with Crippen molar-refractivity contribution in [2.45, 2.75) is 12.8 Å². The molecule has 0 saturated carbocycles. The van der Waals surface area contributed by atoms with Gasteiger partial charge in [0.05, 0.1) is 12.2 Å². The monoisotopic (exact) mass is 205 g/mol. The molecule has 0 amide bonds. The van der Waals surface area contributed by atoms with Crippen molar-refractivity contribution >= 4 is 11.7 Å². The summed E-state index contributed by atoms with van der Waals surface area (Å²) < 4.78 is 4.86. The van der Waals surface area contributed by atoms with Crippen molar-refractivity contribution < 1.29 is 14.6 Å². The number of esters is 1. The van der Waals surface area contributed by atoms with Gasteiger partial charge in [-0.1, -0.05) is 0 Å². The van der Waals surface area contributed by atoms with Gasteiger partial charge in [0.1, 0.15) is 5.76 Å². The summed E-state index contributed by atoms with van der Waals surface area (Å²) in [6, 6.07) is 3.41. The second-order valence-corrected chi connectivity index (χ2v) is 3.31. The Morgan fingerprint density at radius 2 is 2.40 bits per heavy atom. The Kier molecular flexibility index (Phi) is 2.67. The molecule has 0 aromatic carbocycles. The van der Waals surface area contributed by atoms with Crippen molar-refractivity contribution in [3.8, 4) is 0 Å². The summed E-state index contributed by atoms with van der Waals surface area (Å²) in [4.78, 5) is 15.2. The molecule has 1 aliphatic rings. The number of nitrogens with zero attached hydrogens (tertiary/aromatic N) is 1. The lowest BCUT2D eigenvalue weighted by Gasteiger charge is -2.15. The normalized spacial score (nSPS) is 19.6. The Morgan fingerprint density at radius 1 is 1.53 bits per heavy atom. The van der Waals surface area contributed by atoms with Gasteiger partial charge in [-0.05, 0) is 25.0 Å². The molecule has 0 bridgehead atoms. The molecule has 1 aromatic rings. The van der Waals surface area contributed by atoms with Gasteiger partial charge >= 0.3 is 5.97 Å². The van der Waals surface area contributed by atoms with E-state index in [9.17, 15) is 9.90 Å². The molecule has 0 radical (unpaired) electrons. The molecular formula is C11H11NO3. The lowest BCUT2D eigenvalue weighted by molar-refractivity contribution is -0.141. The van der Waals surface area contributed by atoms with Crippen LogP contribution in [0.4, 0.5) is 0 Å². The number of rotatable bonds is 1. The van der Waals surface area contributed by atoms with Gasteiger partial charge in [-0.25, -0.2) is 4.79 Å². The number of hydrogen-bond donors (Lipinski definition) is 1. The number of aliphatic hydroxyl groups excluding tert-OH is 1. The van der Waals surface area contributed by atoms with Crippen LogP contribution in [-0.2, 0) is 9.53 Å². The largest absolute Gasteiger partial charge is 0.507 e. The first-order valence-corrected chi connectivity index (χ1v) is 4.78. The summed E-state index contributed by atoms with van der Waals surface area (Å²) in [7, 11) is 0. The van der Waals surface area contributed by atoms with Crippen LogP contribution < -0.4 is 0 Å². The number of carbonyl (C=O) groups is 1. The number of cyclic esters (lactones) is 1. The summed E-state index contributed by atoms with van der Waals surface area (Å²) in [6.45, 7) is 0.433. The van der Waals surface area contributed by atoms with Gasteiger partial charge < -0.3 is 9.84 Å².